The molecular formula is C18H29N. The molecule has 0 heterocycles. The first-order valence-electron chi connectivity index (χ1n) is 8.15. The van der Waals surface area contributed by atoms with Gasteiger partial charge in [-0.2, -0.15) is 0 Å². The van der Waals surface area contributed by atoms with Crippen LogP contribution in [0.4, 0.5) is 0 Å². The van der Waals surface area contributed by atoms with Crippen molar-refractivity contribution in [3.8, 4) is 0 Å². The molecule has 0 radical (unpaired) electrons. The smallest absolute Gasteiger partial charge is 0.0322 e. The molecule has 0 bridgehead atoms. The molecular weight excluding hydrogens is 230 g/mol. The van der Waals surface area contributed by atoms with E-state index in [-0.39, 0.29) is 0 Å². The van der Waals surface area contributed by atoms with E-state index in [2.05, 4.69) is 43.4 Å². The molecule has 1 heteroatoms. The summed E-state index contributed by atoms with van der Waals surface area (Å²) in [4.78, 5) is 0. The summed E-state index contributed by atoms with van der Waals surface area (Å²) in [7, 11) is 0. The van der Waals surface area contributed by atoms with Gasteiger partial charge in [0.05, 0.1) is 0 Å². The first kappa shape index (κ1) is 14.6. The fourth-order valence-electron chi connectivity index (χ4n) is 2.92. The summed E-state index contributed by atoms with van der Waals surface area (Å²) in [6.07, 6.45) is 9.31. The molecule has 1 aromatic carbocycles. The summed E-state index contributed by atoms with van der Waals surface area (Å²) in [5, 5.41) is 3.74. The van der Waals surface area contributed by atoms with Crippen molar-refractivity contribution in [1.29, 1.82) is 0 Å². The Morgan fingerprint density at radius 3 is 2.37 bits per heavy atom. The van der Waals surface area contributed by atoms with Gasteiger partial charge in [-0.05, 0) is 42.9 Å². The molecule has 1 nitrogen and oxygen atoms in total. The second kappa shape index (κ2) is 7.69. The highest BCUT2D eigenvalue weighted by Gasteiger charge is 2.22. The third-order valence-electron chi connectivity index (χ3n) is 4.36. The van der Waals surface area contributed by atoms with Gasteiger partial charge in [-0.15, -0.1) is 0 Å². The van der Waals surface area contributed by atoms with Crippen molar-refractivity contribution in [3.63, 3.8) is 0 Å². The van der Waals surface area contributed by atoms with Gasteiger partial charge < -0.3 is 5.32 Å². The van der Waals surface area contributed by atoms with Gasteiger partial charge in [0.1, 0.15) is 0 Å². The van der Waals surface area contributed by atoms with Gasteiger partial charge in [0.25, 0.3) is 0 Å². The molecule has 1 aliphatic rings. The van der Waals surface area contributed by atoms with Crippen LogP contribution in [0.5, 0.6) is 0 Å². The molecule has 2 rings (SSSR count). The summed E-state index contributed by atoms with van der Waals surface area (Å²) in [5.74, 6) is 0.963. The Kier molecular flexibility index (Phi) is 5.91. The molecule has 1 saturated carbocycles. The Morgan fingerprint density at radius 1 is 1.11 bits per heavy atom. The van der Waals surface area contributed by atoms with E-state index >= 15 is 0 Å². The quantitative estimate of drug-likeness (QED) is 0.702. The molecule has 106 valence electrons. The minimum Gasteiger partial charge on any atom is -0.310 e. The third-order valence-corrected chi connectivity index (χ3v) is 4.36. The molecule has 1 fully saturated rings. The Hall–Kier alpha value is -0.820. The van der Waals surface area contributed by atoms with Crippen molar-refractivity contribution in [3.05, 3.63) is 35.4 Å². The summed E-state index contributed by atoms with van der Waals surface area (Å²) in [6.45, 7) is 5.63. The molecule has 1 N–H and O–H groups in total. The zero-order valence-electron chi connectivity index (χ0n) is 12.6. The SMILES string of the molecule is CCCNC(CC1CCC1)c1ccc(CCC)cc1. The fourth-order valence-corrected chi connectivity index (χ4v) is 2.92. The van der Waals surface area contributed by atoms with E-state index < -0.39 is 0 Å². The van der Waals surface area contributed by atoms with Crippen LogP contribution in [0.2, 0.25) is 0 Å². The van der Waals surface area contributed by atoms with E-state index in [0.29, 0.717) is 6.04 Å². The number of benzene rings is 1. The number of hydrogen-bond donors (Lipinski definition) is 1. The van der Waals surface area contributed by atoms with Gasteiger partial charge in [0.15, 0.2) is 0 Å². The first-order valence-corrected chi connectivity index (χ1v) is 8.15. The molecule has 0 saturated heterocycles. The zero-order valence-corrected chi connectivity index (χ0v) is 12.6. The maximum absolute atomic E-state index is 3.74. The van der Waals surface area contributed by atoms with Crippen LogP contribution >= 0.6 is 0 Å². The lowest BCUT2D eigenvalue weighted by molar-refractivity contribution is 0.261. The van der Waals surface area contributed by atoms with Crippen LogP contribution in [-0.4, -0.2) is 6.54 Å². The minimum absolute atomic E-state index is 0.570. The van der Waals surface area contributed by atoms with Crippen molar-refractivity contribution in [1.82, 2.24) is 5.32 Å². The maximum Gasteiger partial charge on any atom is 0.0322 e. The summed E-state index contributed by atoms with van der Waals surface area (Å²) in [5.41, 5.74) is 2.96. The third kappa shape index (κ3) is 4.35. The van der Waals surface area contributed by atoms with Crippen LogP contribution in [0, 0.1) is 5.92 Å². The van der Waals surface area contributed by atoms with E-state index in [0.717, 1.165) is 12.5 Å². The second-order valence-electron chi connectivity index (χ2n) is 6.03. The van der Waals surface area contributed by atoms with Crippen LogP contribution in [0.25, 0.3) is 0 Å². The van der Waals surface area contributed by atoms with E-state index in [4.69, 9.17) is 0 Å². The van der Waals surface area contributed by atoms with Gasteiger partial charge in [-0.1, -0.05) is 63.8 Å². The van der Waals surface area contributed by atoms with Crippen LogP contribution in [0.3, 0.4) is 0 Å². The normalized spacial score (nSPS) is 17.2. The minimum atomic E-state index is 0.570. The predicted molar refractivity (Wildman–Crippen MR) is 83.4 cm³/mol. The van der Waals surface area contributed by atoms with Crippen molar-refractivity contribution < 1.29 is 0 Å². The summed E-state index contributed by atoms with van der Waals surface area (Å²) < 4.78 is 0. The highest BCUT2D eigenvalue weighted by molar-refractivity contribution is 5.25. The van der Waals surface area contributed by atoms with E-state index in [1.807, 2.05) is 0 Å². The fraction of sp³-hybridized carbons (Fsp3) is 0.667. The molecule has 0 spiro atoms. The molecule has 0 aliphatic heterocycles. The molecule has 1 unspecified atom stereocenters. The highest BCUT2D eigenvalue weighted by Crippen LogP contribution is 2.34. The van der Waals surface area contributed by atoms with Crippen LogP contribution in [-0.2, 0) is 6.42 Å². The topological polar surface area (TPSA) is 12.0 Å². The van der Waals surface area contributed by atoms with Crippen LogP contribution in [0.1, 0.15) is 69.5 Å². The van der Waals surface area contributed by atoms with E-state index in [1.165, 1.54) is 56.1 Å². The number of aryl methyl sites for hydroxylation is 1. The predicted octanol–water partition coefficient (Wildman–Crippen LogP) is 4.87. The lowest BCUT2D eigenvalue weighted by Gasteiger charge is -2.30. The molecule has 19 heavy (non-hydrogen) atoms. The Morgan fingerprint density at radius 2 is 1.84 bits per heavy atom. The van der Waals surface area contributed by atoms with Gasteiger partial charge in [-0.3, -0.25) is 0 Å². The first-order chi connectivity index (χ1) is 9.33. The van der Waals surface area contributed by atoms with Crippen molar-refractivity contribution in [2.45, 2.75) is 64.8 Å². The average Bonchev–Trinajstić information content (AvgIpc) is 2.38. The van der Waals surface area contributed by atoms with Crippen LogP contribution in [0.15, 0.2) is 24.3 Å². The Balaban J connectivity index is 1.98. The van der Waals surface area contributed by atoms with Gasteiger partial charge in [0, 0.05) is 6.04 Å². The summed E-state index contributed by atoms with van der Waals surface area (Å²) in [6, 6.07) is 9.90. The molecule has 1 atom stereocenters. The number of nitrogens with one attached hydrogen (secondary N) is 1. The van der Waals surface area contributed by atoms with E-state index in [1.54, 1.807) is 0 Å². The lowest BCUT2D eigenvalue weighted by Crippen LogP contribution is -2.26. The molecule has 0 aromatic heterocycles. The van der Waals surface area contributed by atoms with Crippen molar-refractivity contribution >= 4 is 0 Å². The number of hydrogen-bond acceptors (Lipinski definition) is 1. The monoisotopic (exact) mass is 259 g/mol. The average molecular weight is 259 g/mol. The second-order valence-corrected chi connectivity index (χ2v) is 6.03. The van der Waals surface area contributed by atoms with Gasteiger partial charge >= 0.3 is 0 Å². The Labute approximate surface area is 118 Å². The highest BCUT2D eigenvalue weighted by atomic mass is 14.9. The summed E-state index contributed by atoms with van der Waals surface area (Å²) >= 11 is 0. The molecule has 1 aliphatic carbocycles. The lowest BCUT2D eigenvalue weighted by atomic mass is 9.79. The maximum atomic E-state index is 3.74. The van der Waals surface area contributed by atoms with Gasteiger partial charge in [0.2, 0.25) is 0 Å². The Bertz CT molecular complexity index is 350. The standard InChI is InChI=1S/C18H29N/c1-3-6-15-9-11-17(12-10-15)18(19-13-4-2)14-16-7-5-8-16/h9-12,16,18-19H,3-8,13-14H2,1-2H3. The molecule has 1 aromatic rings. The largest absolute Gasteiger partial charge is 0.310 e. The number of rotatable bonds is 8. The van der Waals surface area contributed by atoms with E-state index in [9.17, 15) is 0 Å². The van der Waals surface area contributed by atoms with Crippen molar-refractivity contribution in [2.75, 3.05) is 6.54 Å². The van der Waals surface area contributed by atoms with Crippen LogP contribution < -0.4 is 5.32 Å². The molecule has 0 amide bonds. The van der Waals surface area contributed by atoms with Gasteiger partial charge in [-0.25, -0.2) is 0 Å². The van der Waals surface area contributed by atoms with Crippen molar-refractivity contribution in [2.24, 2.45) is 5.92 Å². The zero-order chi connectivity index (χ0) is 13.5.